The van der Waals surface area contributed by atoms with Crippen LogP contribution < -0.4 is 5.73 Å². The summed E-state index contributed by atoms with van der Waals surface area (Å²) in [6.07, 6.45) is 0. The zero-order chi connectivity index (χ0) is 8.27. The number of hydrogen-bond donors (Lipinski definition) is 1. The van der Waals surface area contributed by atoms with Crippen LogP contribution in [0.15, 0.2) is 24.3 Å². The van der Waals surface area contributed by atoms with Crippen LogP contribution in [0.4, 0.5) is 5.69 Å². The molecule has 1 aromatic carbocycles. The van der Waals surface area contributed by atoms with Crippen LogP contribution in [0.5, 0.6) is 0 Å². The lowest BCUT2D eigenvalue weighted by molar-refractivity contribution is 0.402. The van der Waals surface area contributed by atoms with E-state index in [0.29, 0.717) is 0 Å². The Labute approximate surface area is 79.8 Å². The molecule has 0 aliphatic heterocycles. The van der Waals surface area contributed by atoms with Crippen LogP contribution in [0.25, 0.3) is 0 Å². The van der Waals surface area contributed by atoms with Crippen molar-refractivity contribution in [2.24, 2.45) is 0 Å². The molecule has 0 saturated heterocycles. The minimum Gasteiger partial charge on any atom is -0.399 e. The van der Waals surface area contributed by atoms with E-state index in [1.54, 1.807) is 0 Å². The van der Waals surface area contributed by atoms with Crippen molar-refractivity contribution in [3.63, 3.8) is 0 Å². The highest BCUT2D eigenvalue weighted by Crippen LogP contribution is 2.07. The zero-order valence-corrected chi connectivity index (χ0v) is 8.27. The summed E-state index contributed by atoms with van der Waals surface area (Å²) >= 11 is 0. The molecule has 0 atom stereocenters. The first-order valence-corrected chi connectivity index (χ1v) is 3.67. The molecule has 0 bridgehead atoms. The van der Waals surface area contributed by atoms with Crippen molar-refractivity contribution < 1.29 is 0 Å². The number of nitrogens with zero attached hydrogens (tertiary/aromatic N) is 1. The second kappa shape index (κ2) is 5.01. The van der Waals surface area contributed by atoms with Gasteiger partial charge in [-0.25, -0.2) is 0 Å². The highest BCUT2D eigenvalue weighted by Gasteiger charge is 1.93. The van der Waals surface area contributed by atoms with Crippen molar-refractivity contribution in [3.05, 3.63) is 29.8 Å². The molecular weight excluding hydrogens is 172 g/mol. The average molecular weight is 187 g/mol. The number of anilines is 1. The summed E-state index contributed by atoms with van der Waals surface area (Å²) in [6, 6.07) is 7.96. The van der Waals surface area contributed by atoms with E-state index in [1.807, 2.05) is 32.3 Å². The lowest BCUT2D eigenvalue weighted by Crippen LogP contribution is -2.10. The van der Waals surface area contributed by atoms with Gasteiger partial charge in [0.2, 0.25) is 0 Å². The van der Waals surface area contributed by atoms with E-state index in [4.69, 9.17) is 5.73 Å². The third-order valence-corrected chi connectivity index (χ3v) is 1.45. The summed E-state index contributed by atoms with van der Waals surface area (Å²) in [7, 11) is 4.09. The Hall–Kier alpha value is -0.730. The monoisotopic (exact) mass is 186 g/mol. The van der Waals surface area contributed by atoms with E-state index in [1.165, 1.54) is 5.56 Å². The van der Waals surface area contributed by atoms with Crippen molar-refractivity contribution in [1.82, 2.24) is 4.90 Å². The molecule has 68 valence electrons. The van der Waals surface area contributed by atoms with Gasteiger partial charge >= 0.3 is 0 Å². The van der Waals surface area contributed by atoms with E-state index in [2.05, 4.69) is 11.0 Å². The fourth-order valence-corrected chi connectivity index (χ4v) is 1.06. The lowest BCUT2D eigenvalue weighted by Gasteiger charge is -2.09. The van der Waals surface area contributed by atoms with E-state index in [9.17, 15) is 0 Å². The second-order valence-electron chi connectivity index (χ2n) is 2.98. The van der Waals surface area contributed by atoms with Crippen LogP contribution in [0.1, 0.15) is 5.56 Å². The van der Waals surface area contributed by atoms with Crippen LogP contribution >= 0.6 is 12.4 Å². The molecule has 3 heteroatoms. The fourth-order valence-electron chi connectivity index (χ4n) is 1.06. The number of rotatable bonds is 2. The van der Waals surface area contributed by atoms with Gasteiger partial charge < -0.3 is 10.6 Å². The molecule has 0 aliphatic rings. The Morgan fingerprint density at radius 3 is 2.50 bits per heavy atom. The molecule has 2 nitrogen and oxygen atoms in total. The van der Waals surface area contributed by atoms with Crippen molar-refractivity contribution in [2.45, 2.75) is 6.54 Å². The van der Waals surface area contributed by atoms with Gasteiger partial charge in [0.1, 0.15) is 0 Å². The fraction of sp³-hybridized carbons (Fsp3) is 0.333. The molecule has 0 amide bonds. The third-order valence-electron chi connectivity index (χ3n) is 1.45. The Kier molecular flexibility index (Phi) is 4.71. The molecule has 0 saturated carbocycles. The molecule has 0 aromatic heterocycles. The summed E-state index contributed by atoms with van der Waals surface area (Å²) in [5, 5.41) is 0. The van der Waals surface area contributed by atoms with Gasteiger partial charge in [0.25, 0.3) is 0 Å². The first-order valence-electron chi connectivity index (χ1n) is 3.67. The molecule has 12 heavy (non-hydrogen) atoms. The second-order valence-corrected chi connectivity index (χ2v) is 2.98. The van der Waals surface area contributed by atoms with Crippen molar-refractivity contribution >= 4 is 18.1 Å². The Morgan fingerprint density at radius 1 is 1.33 bits per heavy atom. The van der Waals surface area contributed by atoms with Gasteiger partial charge in [0.05, 0.1) is 0 Å². The third kappa shape index (κ3) is 3.60. The molecule has 0 unspecified atom stereocenters. The van der Waals surface area contributed by atoms with E-state index in [-0.39, 0.29) is 12.4 Å². The Bertz CT molecular complexity index is 236. The molecule has 0 heterocycles. The predicted octanol–water partition coefficient (Wildman–Crippen LogP) is 1.75. The quantitative estimate of drug-likeness (QED) is 0.714. The standard InChI is InChI=1S/C9H14N2.ClH/c1-11(2)7-8-4-3-5-9(10)6-8;/h3-6H,7,10H2,1-2H3;1H. The van der Waals surface area contributed by atoms with Crippen LogP contribution in [0.2, 0.25) is 0 Å². The van der Waals surface area contributed by atoms with Gasteiger partial charge in [0.15, 0.2) is 0 Å². The number of nitrogen functional groups attached to an aromatic ring is 1. The first-order chi connectivity index (χ1) is 5.18. The number of halogens is 1. The average Bonchev–Trinajstić information content (AvgIpc) is 1.85. The van der Waals surface area contributed by atoms with E-state index < -0.39 is 0 Å². The van der Waals surface area contributed by atoms with Gasteiger partial charge in [-0.3, -0.25) is 0 Å². The minimum atomic E-state index is 0. The van der Waals surface area contributed by atoms with Crippen LogP contribution in [-0.2, 0) is 6.54 Å². The summed E-state index contributed by atoms with van der Waals surface area (Å²) in [5.74, 6) is 0. The Balaban J connectivity index is 0.00000121. The molecule has 0 aliphatic carbocycles. The van der Waals surface area contributed by atoms with Crippen LogP contribution in [0.3, 0.4) is 0 Å². The largest absolute Gasteiger partial charge is 0.399 e. The smallest absolute Gasteiger partial charge is 0.0317 e. The maximum atomic E-state index is 5.62. The summed E-state index contributed by atoms with van der Waals surface area (Å²) in [4.78, 5) is 2.12. The molecular formula is C9H15ClN2. The topological polar surface area (TPSA) is 29.3 Å². The molecule has 0 radical (unpaired) electrons. The molecule has 1 rings (SSSR count). The maximum absolute atomic E-state index is 5.62. The highest BCUT2D eigenvalue weighted by molar-refractivity contribution is 5.85. The summed E-state index contributed by atoms with van der Waals surface area (Å²) in [6.45, 7) is 0.949. The Morgan fingerprint density at radius 2 is 2.00 bits per heavy atom. The lowest BCUT2D eigenvalue weighted by atomic mass is 10.2. The van der Waals surface area contributed by atoms with Crippen molar-refractivity contribution in [3.8, 4) is 0 Å². The normalized spacial score (nSPS) is 9.58. The van der Waals surface area contributed by atoms with Crippen LogP contribution in [0, 0.1) is 0 Å². The van der Waals surface area contributed by atoms with Gasteiger partial charge in [-0.15, -0.1) is 12.4 Å². The predicted molar refractivity (Wildman–Crippen MR) is 55.5 cm³/mol. The number of benzene rings is 1. The molecule has 1 aromatic rings. The van der Waals surface area contributed by atoms with Gasteiger partial charge in [-0.1, -0.05) is 12.1 Å². The van der Waals surface area contributed by atoms with Gasteiger partial charge in [0, 0.05) is 12.2 Å². The molecule has 0 spiro atoms. The SMILES string of the molecule is CN(C)Cc1cccc(N)c1.Cl. The van der Waals surface area contributed by atoms with Crippen LogP contribution in [-0.4, -0.2) is 19.0 Å². The maximum Gasteiger partial charge on any atom is 0.0317 e. The number of nitrogens with two attached hydrogens (primary N) is 1. The number of hydrogen-bond acceptors (Lipinski definition) is 2. The van der Waals surface area contributed by atoms with Crippen molar-refractivity contribution in [2.75, 3.05) is 19.8 Å². The first kappa shape index (κ1) is 11.3. The summed E-state index contributed by atoms with van der Waals surface area (Å²) in [5.41, 5.74) is 7.71. The van der Waals surface area contributed by atoms with E-state index in [0.717, 1.165) is 12.2 Å². The molecule has 0 fully saturated rings. The van der Waals surface area contributed by atoms with Crippen molar-refractivity contribution in [1.29, 1.82) is 0 Å². The highest BCUT2D eigenvalue weighted by atomic mass is 35.5. The molecule has 2 N–H and O–H groups in total. The van der Waals surface area contributed by atoms with Gasteiger partial charge in [-0.2, -0.15) is 0 Å². The summed E-state index contributed by atoms with van der Waals surface area (Å²) < 4.78 is 0. The minimum absolute atomic E-state index is 0. The van der Waals surface area contributed by atoms with Gasteiger partial charge in [-0.05, 0) is 31.8 Å². The zero-order valence-electron chi connectivity index (χ0n) is 7.45. The van der Waals surface area contributed by atoms with E-state index >= 15 is 0 Å².